The molecule has 0 unspecified atom stereocenters. The fourth-order valence-electron chi connectivity index (χ4n) is 1.68. The fourth-order valence-corrected chi connectivity index (χ4v) is 2.02. The Hall–Kier alpha value is -1.42. The Morgan fingerprint density at radius 3 is 2.36 bits per heavy atom. The van der Waals surface area contributed by atoms with Crippen LogP contribution in [0.25, 0.3) is 0 Å². The van der Waals surface area contributed by atoms with Crippen LogP contribution in [0, 0.1) is 0 Å². The Kier molecular flexibility index (Phi) is 5.39. The largest absolute Gasteiger partial charge is 0.506 e. The molecule has 0 aliphatic heterocycles. The number of phenols is 1. The number of hydrogen-bond donors (Lipinski definition) is 2. The highest BCUT2D eigenvalue weighted by Crippen LogP contribution is 2.45. The van der Waals surface area contributed by atoms with E-state index < -0.39 is 47.6 Å². The Morgan fingerprint density at radius 1 is 1.36 bits per heavy atom. The lowest BCUT2D eigenvalue weighted by Crippen LogP contribution is -2.42. The second kappa shape index (κ2) is 6.37. The average molecular weight is 392 g/mol. The predicted octanol–water partition coefficient (Wildman–Crippen LogP) is 3.37. The molecular weight excluding hydrogens is 381 g/mol. The summed E-state index contributed by atoms with van der Waals surface area (Å²) in [5, 5.41) is 9.67. The molecule has 4 nitrogen and oxygen atoms in total. The lowest BCUT2D eigenvalue weighted by molar-refractivity contribution is -0.175. The van der Waals surface area contributed by atoms with Gasteiger partial charge in [0, 0.05) is 5.56 Å². The molecule has 0 saturated heterocycles. The van der Waals surface area contributed by atoms with E-state index in [9.17, 15) is 31.9 Å². The molecule has 0 heterocycles. The third-order valence-corrected chi connectivity index (χ3v) is 3.36. The van der Waals surface area contributed by atoms with Crippen molar-refractivity contribution in [2.45, 2.75) is 25.1 Å². The van der Waals surface area contributed by atoms with Crippen molar-refractivity contribution in [3.63, 3.8) is 0 Å². The molecule has 1 rings (SSSR count). The van der Waals surface area contributed by atoms with Crippen LogP contribution in [-0.2, 0) is 15.7 Å². The minimum atomic E-state index is -5.05. The molecule has 0 saturated carbocycles. The van der Waals surface area contributed by atoms with Crippen LogP contribution >= 0.6 is 15.9 Å². The summed E-state index contributed by atoms with van der Waals surface area (Å²) in [4.78, 5) is 11.2. The number of halogens is 6. The van der Waals surface area contributed by atoms with Crippen LogP contribution in [0.3, 0.4) is 0 Å². The zero-order valence-corrected chi connectivity index (χ0v) is 12.6. The predicted molar refractivity (Wildman–Crippen MR) is 69.3 cm³/mol. The number of ether oxygens (including phenoxy) is 1. The molecule has 0 aliphatic carbocycles. The van der Waals surface area contributed by atoms with Crippen molar-refractivity contribution in [2.75, 3.05) is 6.61 Å². The molecule has 0 aliphatic rings. The first-order valence-corrected chi connectivity index (χ1v) is 6.63. The molecule has 1 aromatic carbocycles. The van der Waals surface area contributed by atoms with Crippen molar-refractivity contribution in [2.24, 2.45) is 5.73 Å². The molecule has 124 valence electrons. The number of esters is 1. The highest BCUT2D eigenvalue weighted by molar-refractivity contribution is 9.10. The van der Waals surface area contributed by atoms with Gasteiger partial charge in [0.2, 0.25) is 0 Å². The van der Waals surface area contributed by atoms with Gasteiger partial charge >= 0.3 is 18.1 Å². The zero-order valence-electron chi connectivity index (χ0n) is 11.0. The number of alkyl halides is 5. The van der Waals surface area contributed by atoms with Gasteiger partial charge in [-0.1, -0.05) is 0 Å². The van der Waals surface area contributed by atoms with Gasteiger partial charge < -0.3 is 15.6 Å². The molecule has 0 aromatic heterocycles. The lowest BCUT2D eigenvalue weighted by Gasteiger charge is -2.25. The van der Waals surface area contributed by atoms with Crippen LogP contribution in [0.5, 0.6) is 5.75 Å². The quantitative estimate of drug-likeness (QED) is 0.609. The van der Waals surface area contributed by atoms with Crippen molar-refractivity contribution in [3.8, 4) is 5.75 Å². The first-order chi connectivity index (χ1) is 9.94. The van der Waals surface area contributed by atoms with Gasteiger partial charge in [0.15, 0.2) is 0 Å². The molecule has 0 fully saturated rings. The Bertz CT molecular complexity index is 577. The molecule has 0 spiro atoms. The van der Waals surface area contributed by atoms with Gasteiger partial charge in [0.25, 0.3) is 0 Å². The number of aromatic hydroxyl groups is 1. The van der Waals surface area contributed by atoms with Gasteiger partial charge in [-0.15, -0.1) is 0 Å². The van der Waals surface area contributed by atoms with E-state index in [-0.39, 0.29) is 4.47 Å². The highest BCUT2D eigenvalue weighted by Gasteiger charge is 2.51. The van der Waals surface area contributed by atoms with Crippen LogP contribution in [-0.4, -0.2) is 23.6 Å². The Balaban J connectivity index is 3.48. The number of rotatable bonds is 4. The number of carbonyl (C=O) groups is 1. The molecule has 1 aromatic rings. The zero-order chi connectivity index (χ0) is 17.3. The summed E-state index contributed by atoms with van der Waals surface area (Å²) in [5.74, 6) is -7.64. The molecule has 1 atom stereocenters. The maximum Gasteiger partial charge on any atom is 0.416 e. The van der Waals surface area contributed by atoms with Crippen LogP contribution < -0.4 is 5.73 Å². The van der Waals surface area contributed by atoms with Crippen LogP contribution in [0.4, 0.5) is 22.0 Å². The van der Waals surface area contributed by atoms with E-state index in [2.05, 4.69) is 20.7 Å². The number of phenolic OH excluding ortho intramolecular Hbond substituents is 1. The van der Waals surface area contributed by atoms with E-state index in [4.69, 9.17) is 5.73 Å². The van der Waals surface area contributed by atoms with Crippen molar-refractivity contribution >= 4 is 21.9 Å². The van der Waals surface area contributed by atoms with E-state index in [0.29, 0.717) is 6.07 Å². The molecule has 22 heavy (non-hydrogen) atoms. The van der Waals surface area contributed by atoms with E-state index >= 15 is 0 Å². The summed E-state index contributed by atoms with van der Waals surface area (Å²) in [6.07, 6.45) is -5.05. The fraction of sp³-hybridized carbons (Fsp3) is 0.417. The molecular formula is C12H11BrF5NO3. The third kappa shape index (κ3) is 3.49. The van der Waals surface area contributed by atoms with Crippen molar-refractivity contribution in [1.82, 2.24) is 0 Å². The van der Waals surface area contributed by atoms with Crippen molar-refractivity contribution in [3.05, 3.63) is 27.7 Å². The summed E-state index contributed by atoms with van der Waals surface area (Å²) in [6, 6.07) is -1.43. The summed E-state index contributed by atoms with van der Waals surface area (Å²) in [7, 11) is 0. The Labute approximate surface area is 130 Å². The van der Waals surface area contributed by atoms with Gasteiger partial charge in [-0.2, -0.15) is 22.0 Å². The van der Waals surface area contributed by atoms with E-state index in [1.54, 1.807) is 0 Å². The van der Waals surface area contributed by atoms with Crippen molar-refractivity contribution < 1.29 is 36.6 Å². The minimum Gasteiger partial charge on any atom is -0.506 e. The van der Waals surface area contributed by atoms with E-state index in [1.165, 1.54) is 6.92 Å². The average Bonchev–Trinajstić information content (AvgIpc) is 2.39. The summed E-state index contributed by atoms with van der Waals surface area (Å²) >= 11 is 2.72. The van der Waals surface area contributed by atoms with E-state index in [0.717, 1.165) is 6.07 Å². The van der Waals surface area contributed by atoms with Crippen LogP contribution in [0.15, 0.2) is 16.6 Å². The summed E-state index contributed by atoms with van der Waals surface area (Å²) in [6.45, 7) is 0.842. The normalized spacial score (nSPS) is 13.8. The first kappa shape index (κ1) is 18.6. The molecule has 10 heteroatoms. The lowest BCUT2D eigenvalue weighted by atomic mass is 9.94. The van der Waals surface area contributed by atoms with E-state index in [1.807, 2.05) is 0 Å². The molecule has 0 bridgehead atoms. The topological polar surface area (TPSA) is 72.5 Å². The van der Waals surface area contributed by atoms with Gasteiger partial charge in [-0.3, -0.25) is 0 Å². The van der Waals surface area contributed by atoms with Gasteiger partial charge in [0.05, 0.1) is 16.6 Å². The summed E-state index contributed by atoms with van der Waals surface area (Å²) < 4.78 is 70.3. The first-order valence-electron chi connectivity index (χ1n) is 5.83. The van der Waals surface area contributed by atoms with Gasteiger partial charge in [-0.25, -0.2) is 4.79 Å². The highest BCUT2D eigenvalue weighted by atomic mass is 79.9. The number of benzene rings is 1. The Morgan fingerprint density at radius 2 is 1.91 bits per heavy atom. The smallest absolute Gasteiger partial charge is 0.416 e. The second-order valence-electron chi connectivity index (χ2n) is 4.18. The monoisotopic (exact) mass is 391 g/mol. The SMILES string of the molecule is CCOC(=O)C(F)(F)[C@@H](N)c1c(C(F)(F)F)ccc(Br)c1O. The van der Waals surface area contributed by atoms with Crippen molar-refractivity contribution in [1.29, 1.82) is 0 Å². The molecule has 0 amide bonds. The minimum absolute atomic E-state index is 0.273. The number of nitrogens with two attached hydrogens (primary N) is 1. The standard InChI is InChI=1S/C12H11BrF5NO3/c1-2-22-10(21)11(14,15)9(19)7-5(12(16,17)18)3-4-6(13)8(7)20/h3-4,9,20H,2,19H2,1H3/t9-/m0/s1. The molecule has 3 N–H and O–H groups in total. The second-order valence-corrected chi connectivity index (χ2v) is 5.03. The van der Waals surface area contributed by atoms with Crippen LogP contribution in [0.2, 0.25) is 0 Å². The van der Waals surface area contributed by atoms with Crippen LogP contribution in [0.1, 0.15) is 24.1 Å². The van der Waals surface area contributed by atoms with Gasteiger partial charge in [0.1, 0.15) is 11.8 Å². The number of hydrogen-bond acceptors (Lipinski definition) is 4. The summed E-state index contributed by atoms with van der Waals surface area (Å²) in [5.41, 5.74) is 2.28. The maximum atomic E-state index is 13.9. The van der Waals surface area contributed by atoms with Gasteiger partial charge in [-0.05, 0) is 35.0 Å². The third-order valence-electron chi connectivity index (χ3n) is 2.72. The molecule has 0 radical (unpaired) electrons. The number of carbonyl (C=O) groups excluding carboxylic acids is 1. The maximum absolute atomic E-state index is 13.9.